The minimum Gasteiger partial charge on any atom is -0.348 e. The highest BCUT2D eigenvalue weighted by molar-refractivity contribution is 5.92. The zero-order valence-electron chi connectivity index (χ0n) is 14.8. The van der Waals surface area contributed by atoms with Crippen LogP contribution in [0.4, 0.5) is 0 Å². The highest BCUT2D eigenvalue weighted by Gasteiger charge is 2.23. The fourth-order valence-corrected chi connectivity index (χ4v) is 3.51. The molecule has 0 saturated carbocycles. The first kappa shape index (κ1) is 22.2. The third kappa shape index (κ3) is 6.09. The van der Waals surface area contributed by atoms with Gasteiger partial charge in [-0.15, -0.1) is 29.9 Å². The molecule has 2 saturated heterocycles. The molecule has 2 aliphatic heterocycles. The molecule has 0 atom stereocenters. The maximum Gasteiger partial charge on any atom is 0.273 e. The first-order valence-corrected chi connectivity index (χ1v) is 8.92. The van der Waals surface area contributed by atoms with Crippen LogP contribution in [0.2, 0.25) is 0 Å². The van der Waals surface area contributed by atoms with Crippen molar-refractivity contribution in [1.29, 1.82) is 0 Å². The fraction of sp³-hybridized carbons (Fsp3) is 0.812. The molecule has 2 N–H and O–H groups in total. The third-order valence-electron chi connectivity index (χ3n) is 4.89. The number of hydrogen-bond acceptors (Lipinski definition) is 5. The Morgan fingerprint density at radius 2 is 1.92 bits per heavy atom. The van der Waals surface area contributed by atoms with Crippen LogP contribution >= 0.6 is 24.8 Å². The van der Waals surface area contributed by atoms with Crippen molar-refractivity contribution in [2.24, 2.45) is 0 Å². The Balaban J connectivity index is 0.00000156. The van der Waals surface area contributed by atoms with Gasteiger partial charge in [0.25, 0.3) is 5.91 Å². The molecule has 7 nitrogen and oxygen atoms in total. The summed E-state index contributed by atoms with van der Waals surface area (Å²) < 4.78 is 1.86. The lowest BCUT2D eigenvalue weighted by Gasteiger charge is -2.31. The summed E-state index contributed by atoms with van der Waals surface area (Å²) in [5, 5.41) is 14.7. The summed E-state index contributed by atoms with van der Waals surface area (Å²) in [7, 11) is 0. The van der Waals surface area contributed by atoms with Gasteiger partial charge in [0.2, 0.25) is 0 Å². The molecule has 3 rings (SSSR count). The van der Waals surface area contributed by atoms with E-state index >= 15 is 0 Å². The van der Waals surface area contributed by atoms with Gasteiger partial charge < -0.3 is 15.5 Å². The van der Waals surface area contributed by atoms with Gasteiger partial charge in [0, 0.05) is 19.1 Å². The summed E-state index contributed by atoms with van der Waals surface area (Å²) in [4.78, 5) is 14.8. The molecule has 0 unspecified atom stereocenters. The maximum absolute atomic E-state index is 12.4. The SMILES string of the molecule is CCCN1CCC(NC(=O)c2cn(C3CCNCC3)nn2)CC1.Cl.Cl. The first-order chi connectivity index (χ1) is 11.3. The normalized spacial score (nSPS) is 19.7. The molecule has 0 aromatic carbocycles. The van der Waals surface area contributed by atoms with Crippen LogP contribution in [-0.2, 0) is 0 Å². The minimum atomic E-state index is -0.0841. The Kier molecular flexibility index (Phi) is 9.71. The number of aromatic nitrogens is 3. The number of carbonyl (C=O) groups excluding carboxylic acids is 1. The molecular weight excluding hydrogens is 363 g/mol. The summed E-state index contributed by atoms with van der Waals surface area (Å²) in [6.45, 7) is 7.51. The second-order valence-corrected chi connectivity index (χ2v) is 6.65. The van der Waals surface area contributed by atoms with Crippen molar-refractivity contribution < 1.29 is 4.79 Å². The number of hydrogen-bond donors (Lipinski definition) is 2. The van der Waals surface area contributed by atoms with Crippen molar-refractivity contribution in [3.8, 4) is 0 Å². The average molecular weight is 393 g/mol. The summed E-state index contributed by atoms with van der Waals surface area (Å²) in [6, 6.07) is 0.627. The molecule has 25 heavy (non-hydrogen) atoms. The monoisotopic (exact) mass is 392 g/mol. The lowest BCUT2D eigenvalue weighted by atomic mass is 10.0. The molecule has 1 aromatic heterocycles. The Morgan fingerprint density at radius 1 is 1.24 bits per heavy atom. The number of halogens is 2. The topological polar surface area (TPSA) is 75.1 Å². The molecule has 2 fully saturated rings. The lowest BCUT2D eigenvalue weighted by Crippen LogP contribution is -2.44. The zero-order valence-corrected chi connectivity index (χ0v) is 16.4. The summed E-state index contributed by atoms with van der Waals surface area (Å²) in [5.74, 6) is -0.0841. The van der Waals surface area contributed by atoms with E-state index < -0.39 is 0 Å². The van der Waals surface area contributed by atoms with Crippen LogP contribution in [0.1, 0.15) is 55.6 Å². The van der Waals surface area contributed by atoms with E-state index in [1.165, 1.54) is 6.42 Å². The standard InChI is InChI=1S/C16H28N6O.2ClH/c1-2-9-21-10-5-13(6-11-21)18-16(23)15-12-22(20-19-15)14-3-7-17-8-4-14;;/h12-14,17H,2-11H2,1H3,(H,18,23);2*1H. The van der Waals surface area contributed by atoms with Crippen LogP contribution in [0.15, 0.2) is 6.20 Å². The van der Waals surface area contributed by atoms with Crippen molar-refractivity contribution in [2.45, 2.75) is 51.1 Å². The van der Waals surface area contributed by atoms with E-state index in [0.29, 0.717) is 11.7 Å². The van der Waals surface area contributed by atoms with Gasteiger partial charge in [0.15, 0.2) is 5.69 Å². The molecule has 0 spiro atoms. The van der Waals surface area contributed by atoms with E-state index in [4.69, 9.17) is 0 Å². The Hall–Kier alpha value is -0.890. The van der Waals surface area contributed by atoms with Crippen LogP contribution in [0.25, 0.3) is 0 Å². The van der Waals surface area contributed by atoms with Gasteiger partial charge in [0.05, 0.1) is 12.2 Å². The molecule has 0 bridgehead atoms. The third-order valence-corrected chi connectivity index (χ3v) is 4.89. The van der Waals surface area contributed by atoms with Crippen LogP contribution in [0.5, 0.6) is 0 Å². The first-order valence-electron chi connectivity index (χ1n) is 8.92. The van der Waals surface area contributed by atoms with Crippen LogP contribution in [0.3, 0.4) is 0 Å². The van der Waals surface area contributed by atoms with E-state index in [-0.39, 0.29) is 36.8 Å². The molecule has 144 valence electrons. The van der Waals surface area contributed by atoms with Gasteiger partial charge in [-0.3, -0.25) is 4.79 Å². The Labute approximate surface area is 162 Å². The van der Waals surface area contributed by atoms with E-state index in [1.54, 1.807) is 6.20 Å². The summed E-state index contributed by atoms with van der Waals surface area (Å²) >= 11 is 0. The average Bonchev–Trinajstić information content (AvgIpc) is 3.08. The maximum atomic E-state index is 12.4. The Morgan fingerprint density at radius 3 is 2.56 bits per heavy atom. The molecular formula is C16H30Cl2N6O. The van der Waals surface area contributed by atoms with Crippen molar-refractivity contribution in [1.82, 2.24) is 30.5 Å². The Bertz CT molecular complexity index is 512. The van der Waals surface area contributed by atoms with Gasteiger partial charge in [-0.2, -0.15) is 0 Å². The van der Waals surface area contributed by atoms with Gasteiger partial charge in [-0.25, -0.2) is 4.68 Å². The second kappa shape index (κ2) is 11.0. The van der Waals surface area contributed by atoms with Crippen molar-refractivity contribution in [3.05, 3.63) is 11.9 Å². The fourth-order valence-electron chi connectivity index (χ4n) is 3.51. The number of likely N-dealkylation sites (tertiary alicyclic amines) is 1. The summed E-state index contributed by atoms with van der Waals surface area (Å²) in [6.07, 6.45) is 7.12. The van der Waals surface area contributed by atoms with Crippen LogP contribution in [0, 0.1) is 0 Å². The zero-order chi connectivity index (χ0) is 16.1. The summed E-state index contributed by atoms with van der Waals surface area (Å²) in [5.41, 5.74) is 0.444. The second-order valence-electron chi connectivity index (χ2n) is 6.65. The molecule has 9 heteroatoms. The van der Waals surface area contributed by atoms with E-state index in [1.807, 2.05) is 4.68 Å². The van der Waals surface area contributed by atoms with Gasteiger partial charge in [-0.05, 0) is 51.7 Å². The van der Waals surface area contributed by atoms with E-state index in [2.05, 4.69) is 32.8 Å². The highest BCUT2D eigenvalue weighted by atomic mass is 35.5. The van der Waals surface area contributed by atoms with Gasteiger partial charge in [0.1, 0.15) is 0 Å². The molecule has 2 aliphatic rings. The number of piperidine rings is 2. The predicted octanol–water partition coefficient (Wildman–Crippen LogP) is 1.65. The van der Waals surface area contributed by atoms with Gasteiger partial charge >= 0.3 is 0 Å². The number of rotatable bonds is 5. The van der Waals surface area contributed by atoms with E-state index in [0.717, 1.165) is 58.4 Å². The largest absolute Gasteiger partial charge is 0.348 e. The van der Waals surface area contributed by atoms with E-state index in [9.17, 15) is 4.79 Å². The molecule has 1 aromatic rings. The molecule has 0 radical (unpaired) electrons. The number of amides is 1. The molecule has 1 amide bonds. The highest BCUT2D eigenvalue weighted by Crippen LogP contribution is 2.17. The van der Waals surface area contributed by atoms with Crippen molar-refractivity contribution in [2.75, 3.05) is 32.7 Å². The number of nitrogens with one attached hydrogen (secondary N) is 2. The van der Waals surface area contributed by atoms with Crippen molar-refractivity contribution >= 4 is 30.7 Å². The van der Waals surface area contributed by atoms with Crippen LogP contribution in [-0.4, -0.2) is 64.6 Å². The van der Waals surface area contributed by atoms with Crippen molar-refractivity contribution in [3.63, 3.8) is 0 Å². The smallest absolute Gasteiger partial charge is 0.273 e. The molecule has 0 aliphatic carbocycles. The predicted molar refractivity (Wildman–Crippen MR) is 103 cm³/mol. The quantitative estimate of drug-likeness (QED) is 0.796. The minimum absolute atomic E-state index is 0. The lowest BCUT2D eigenvalue weighted by molar-refractivity contribution is 0.0906. The molecule has 3 heterocycles. The van der Waals surface area contributed by atoms with Gasteiger partial charge in [-0.1, -0.05) is 12.1 Å². The number of nitrogens with zero attached hydrogens (tertiary/aromatic N) is 4. The number of carbonyl (C=O) groups is 1. The van der Waals surface area contributed by atoms with Crippen LogP contribution < -0.4 is 10.6 Å².